The third-order valence-corrected chi connectivity index (χ3v) is 7.49. The molecule has 0 saturated heterocycles. The summed E-state index contributed by atoms with van der Waals surface area (Å²) in [5.74, 6) is -1.77. The number of carboxylic acid groups (broad SMARTS) is 1. The highest BCUT2D eigenvalue weighted by atomic mass is 16.4. The average Bonchev–Trinajstić information content (AvgIpc) is 3.33. The number of carbonyl (C=O) groups excluding carboxylic acids is 2. The van der Waals surface area contributed by atoms with Crippen LogP contribution in [0.1, 0.15) is 122 Å². The van der Waals surface area contributed by atoms with E-state index in [2.05, 4.69) is 22.5 Å². The molecule has 2 rings (SSSR count). The van der Waals surface area contributed by atoms with Gasteiger partial charge in [0.15, 0.2) is 0 Å². The van der Waals surface area contributed by atoms with Crippen LogP contribution in [0.4, 0.5) is 0 Å². The Kier molecular flexibility index (Phi) is 16.0. The van der Waals surface area contributed by atoms with Crippen molar-refractivity contribution in [2.24, 2.45) is 0 Å². The number of rotatable bonds is 22. The van der Waals surface area contributed by atoms with Crippen LogP contribution in [0, 0.1) is 0 Å². The minimum absolute atomic E-state index is 0.158. The predicted molar refractivity (Wildman–Crippen MR) is 159 cm³/mol. The van der Waals surface area contributed by atoms with Crippen molar-refractivity contribution in [1.82, 2.24) is 15.6 Å². The highest BCUT2D eigenvalue weighted by Gasteiger charge is 2.25. The Bertz CT molecular complexity index is 987. The molecule has 0 saturated carbocycles. The molecule has 4 N–H and O–H groups in total. The molecule has 0 unspecified atom stereocenters. The second-order valence-electron chi connectivity index (χ2n) is 11.0. The van der Waals surface area contributed by atoms with Crippen LogP contribution in [0.2, 0.25) is 0 Å². The van der Waals surface area contributed by atoms with Crippen LogP contribution in [-0.4, -0.2) is 40.0 Å². The molecule has 1 aromatic heterocycles. The van der Waals surface area contributed by atoms with Crippen LogP contribution in [0.25, 0.3) is 10.9 Å². The zero-order valence-electron chi connectivity index (χ0n) is 24.2. The topological polar surface area (TPSA) is 111 Å². The van der Waals surface area contributed by atoms with Crippen molar-refractivity contribution in [3.63, 3.8) is 0 Å². The summed E-state index contributed by atoms with van der Waals surface area (Å²) in [4.78, 5) is 39.8. The number of H-pyrrole nitrogens is 1. The molecule has 1 heterocycles. The van der Waals surface area contributed by atoms with Crippen molar-refractivity contribution in [1.29, 1.82) is 0 Å². The number of aromatic nitrogens is 1. The smallest absolute Gasteiger partial charge is 0.326 e. The zero-order chi connectivity index (χ0) is 28.3. The van der Waals surface area contributed by atoms with Gasteiger partial charge in [0, 0.05) is 29.9 Å². The van der Waals surface area contributed by atoms with Crippen molar-refractivity contribution < 1.29 is 19.5 Å². The normalized spacial score (nSPS) is 12.8. The minimum atomic E-state index is -1.11. The van der Waals surface area contributed by atoms with E-state index in [4.69, 9.17) is 0 Å². The van der Waals surface area contributed by atoms with Gasteiger partial charge in [-0.25, -0.2) is 4.79 Å². The van der Waals surface area contributed by atoms with Crippen LogP contribution in [0.15, 0.2) is 30.5 Å². The second-order valence-corrected chi connectivity index (χ2v) is 11.0. The maximum absolute atomic E-state index is 12.6. The Morgan fingerprint density at radius 3 is 1.90 bits per heavy atom. The molecule has 0 aliphatic rings. The summed E-state index contributed by atoms with van der Waals surface area (Å²) in [5.41, 5.74) is 1.74. The number of para-hydroxylation sites is 1. The largest absolute Gasteiger partial charge is 0.480 e. The van der Waals surface area contributed by atoms with E-state index in [9.17, 15) is 19.5 Å². The Hall–Kier alpha value is -2.83. The number of carboxylic acids is 1. The molecule has 0 bridgehead atoms. The first-order chi connectivity index (χ1) is 18.9. The molecular weight excluding hydrogens is 490 g/mol. The van der Waals surface area contributed by atoms with Gasteiger partial charge in [0.2, 0.25) is 11.8 Å². The third-order valence-electron chi connectivity index (χ3n) is 7.49. The molecule has 218 valence electrons. The lowest BCUT2D eigenvalue weighted by molar-refractivity contribution is -0.142. The van der Waals surface area contributed by atoms with E-state index in [-0.39, 0.29) is 12.3 Å². The number of hydrogen-bond donors (Lipinski definition) is 4. The Morgan fingerprint density at radius 1 is 0.795 bits per heavy atom. The summed E-state index contributed by atoms with van der Waals surface area (Å²) >= 11 is 0. The van der Waals surface area contributed by atoms with Crippen molar-refractivity contribution in [2.45, 2.75) is 135 Å². The van der Waals surface area contributed by atoms with Gasteiger partial charge in [-0.3, -0.25) is 9.59 Å². The van der Waals surface area contributed by atoms with E-state index in [1.54, 1.807) is 13.1 Å². The lowest BCUT2D eigenvalue weighted by Gasteiger charge is -2.18. The number of aliphatic carboxylic acids is 1. The molecule has 39 heavy (non-hydrogen) atoms. The highest BCUT2D eigenvalue weighted by Crippen LogP contribution is 2.19. The third kappa shape index (κ3) is 13.2. The number of hydrogen-bond acceptors (Lipinski definition) is 3. The SMILES string of the molecule is CCCCCCCCCCCCCCCCCC(=O)N[C@@H](C)C(=O)N[C@@H](Cc1c[nH]c2ccccc12)C(=O)O. The van der Waals surface area contributed by atoms with Crippen molar-refractivity contribution >= 4 is 28.7 Å². The standard InChI is InChI=1S/C32H51N3O4/c1-3-4-5-6-7-8-9-10-11-12-13-14-15-16-17-22-30(36)34-25(2)31(37)35-29(32(38)39)23-26-24-33-28-21-19-18-20-27(26)28/h18-21,24-25,29,33H,3-17,22-23H2,1-2H3,(H,34,36)(H,35,37)(H,38,39)/t25-,29-/m0/s1. The molecule has 2 amide bonds. The summed E-state index contributed by atoms with van der Waals surface area (Å²) in [6, 6.07) is 5.77. The summed E-state index contributed by atoms with van der Waals surface area (Å²) < 4.78 is 0. The van der Waals surface area contributed by atoms with Gasteiger partial charge in [0.1, 0.15) is 12.1 Å². The predicted octanol–water partition coefficient (Wildman–Crippen LogP) is 7.05. The van der Waals surface area contributed by atoms with E-state index < -0.39 is 24.0 Å². The summed E-state index contributed by atoms with van der Waals surface area (Å²) in [6.45, 7) is 3.85. The number of amides is 2. The quantitative estimate of drug-likeness (QED) is 0.120. The van der Waals surface area contributed by atoms with Gasteiger partial charge in [-0.2, -0.15) is 0 Å². The van der Waals surface area contributed by atoms with Crippen molar-refractivity contribution in [2.75, 3.05) is 0 Å². The fraction of sp³-hybridized carbons (Fsp3) is 0.656. The Balaban J connectivity index is 1.53. The highest BCUT2D eigenvalue weighted by molar-refractivity contribution is 5.91. The van der Waals surface area contributed by atoms with Crippen LogP contribution in [0.3, 0.4) is 0 Å². The van der Waals surface area contributed by atoms with E-state index in [1.165, 1.54) is 77.0 Å². The van der Waals surface area contributed by atoms with Gasteiger partial charge in [-0.05, 0) is 25.0 Å². The van der Waals surface area contributed by atoms with Gasteiger partial charge in [-0.15, -0.1) is 0 Å². The number of aromatic amines is 1. The Labute approximate surface area is 234 Å². The monoisotopic (exact) mass is 541 g/mol. The number of fused-ring (bicyclic) bond motifs is 1. The molecular formula is C32H51N3O4. The number of carbonyl (C=O) groups is 3. The summed E-state index contributed by atoms with van der Waals surface area (Å²) in [5, 5.41) is 15.9. The number of unbranched alkanes of at least 4 members (excludes halogenated alkanes) is 14. The number of benzene rings is 1. The average molecular weight is 542 g/mol. The lowest BCUT2D eigenvalue weighted by Crippen LogP contribution is -2.51. The van der Waals surface area contributed by atoms with Gasteiger partial charge < -0.3 is 20.7 Å². The van der Waals surface area contributed by atoms with Crippen molar-refractivity contribution in [3.05, 3.63) is 36.0 Å². The molecule has 2 aromatic rings. The first-order valence-electron chi connectivity index (χ1n) is 15.3. The first kappa shape index (κ1) is 32.4. The minimum Gasteiger partial charge on any atom is -0.480 e. The van der Waals surface area contributed by atoms with Crippen molar-refractivity contribution in [3.8, 4) is 0 Å². The van der Waals surface area contributed by atoms with Crippen LogP contribution >= 0.6 is 0 Å². The van der Waals surface area contributed by atoms with Gasteiger partial charge >= 0.3 is 5.97 Å². The van der Waals surface area contributed by atoms with Crippen LogP contribution < -0.4 is 10.6 Å². The Morgan fingerprint density at radius 2 is 1.33 bits per heavy atom. The molecule has 2 atom stereocenters. The molecule has 1 aromatic carbocycles. The molecule has 0 fully saturated rings. The fourth-order valence-corrected chi connectivity index (χ4v) is 5.05. The van der Waals surface area contributed by atoms with Crippen LogP contribution in [-0.2, 0) is 20.8 Å². The molecule has 0 radical (unpaired) electrons. The molecule has 0 aliphatic heterocycles. The molecule has 7 nitrogen and oxygen atoms in total. The molecule has 0 spiro atoms. The van der Waals surface area contributed by atoms with E-state index in [0.29, 0.717) is 6.42 Å². The zero-order valence-corrected chi connectivity index (χ0v) is 24.2. The summed E-state index contributed by atoms with van der Waals surface area (Å²) in [7, 11) is 0. The fourth-order valence-electron chi connectivity index (χ4n) is 5.05. The van der Waals surface area contributed by atoms with Crippen LogP contribution in [0.5, 0.6) is 0 Å². The first-order valence-corrected chi connectivity index (χ1v) is 15.3. The van der Waals surface area contributed by atoms with Gasteiger partial charge in [-0.1, -0.05) is 115 Å². The van der Waals surface area contributed by atoms with E-state index in [0.717, 1.165) is 35.7 Å². The van der Waals surface area contributed by atoms with E-state index >= 15 is 0 Å². The molecule has 7 heteroatoms. The van der Waals surface area contributed by atoms with Gasteiger partial charge in [0.25, 0.3) is 0 Å². The maximum atomic E-state index is 12.6. The maximum Gasteiger partial charge on any atom is 0.326 e. The molecule has 0 aliphatic carbocycles. The summed E-state index contributed by atoms with van der Waals surface area (Å²) in [6.07, 6.45) is 21.4. The number of nitrogens with one attached hydrogen (secondary N) is 3. The van der Waals surface area contributed by atoms with E-state index in [1.807, 2.05) is 24.3 Å². The lowest BCUT2D eigenvalue weighted by atomic mass is 10.0. The van der Waals surface area contributed by atoms with Gasteiger partial charge in [0.05, 0.1) is 0 Å². The second kappa shape index (κ2) is 19.3.